The molecule has 0 aliphatic heterocycles. The topological polar surface area (TPSA) is 71.1 Å². The van der Waals surface area contributed by atoms with Gasteiger partial charge in [-0.2, -0.15) is 0 Å². The summed E-state index contributed by atoms with van der Waals surface area (Å²) >= 11 is 0. The van der Waals surface area contributed by atoms with E-state index in [4.69, 9.17) is 18.9 Å². The molecule has 23 heavy (non-hydrogen) atoms. The molecule has 132 valence electrons. The Bertz CT molecular complexity index is 358. The molecule has 2 aliphatic carbocycles. The Hall–Kier alpha value is -1.14. The molecule has 0 heterocycles. The number of ether oxygens (including phenoxy) is 4. The number of rotatable bonds is 8. The van der Waals surface area contributed by atoms with E-state index in [2.05, 4.69) is 0 Å². The SMILES string of the molecule is COCC(COC)(OC(=O)C1CCCC1)OC(=O)C1CCCC1. The van der Waals surface area contributed by atoms with Crippen LogP contribution in [0.5, 0.6) is 0 Å². The third-order valence-electron chi connectivity index (χ3n) is 4.68. The molecule has 6 nitrogen and oxygen atoms in total. The van der Waals surface area contributed by atoms with Gasteiger partial charge in [-0.15, -0.1) is 0 Å². The lowest BCUT2D eigenvalue weighted by Gasteiger charge is -2.33. The summed E-state index contributed by atoms with van der Waals surface area (Å²) in [5.74, 6) is -2.36. The number of hydrogen-bond acceptors (Lipinski definition) is 6. The average Bonchev–Trinajstić information content (AvgIpc) is 3.21. The van der Waals surface area contributed by atoms with Gasteiger partial charge in [0.05, 0.1) is 11.8 Å². The van der Waals surface area contributed by atoms with Crippen molar-refractivity contribution in [3.63, 3.8) is 0 Å². The van der Waals surface area contributed by atoms with E-state index >= 15 is 0 Å². The van der Waals surface area contributed by atoms with Crippen LogP contribution in [0.15, 0.2) is 0 Å². The highest BCUT2D eigenvalue weighted by Gasteiger charge is 2.43. The molecule has 0 bridgehead atoms. The van der Waals surface area contributed by atoms with Gasteiger partial charge in [0.25, 0.3) is 0 Å². The summed E-state index contributed by atoms with van der Waals surface area (Å²) in [6.07, 6.45) is 7.42. The molecule has 6 heteroatoms. The molecule has 0 atom stereocenters. The van der Waals surface area contributed by atoms with E-state index in [1.165, 1.54) is 14.2 Å². The second-order valence-corrected chi connectivity index (χ2v) is 6.58. The predicted molar refractivity (Wildman–Crippen MR) is 82.6 cm³/mol. The van der Waals surface area contributed by atoms with Gasteiger partial charge >= 0.3 is 17.7 Å². The van der Waals surface area contributed by atoms with Crippen LogP contribution in [0.1, 0.15) is 51.4 Å². The van der Waals surface area contributed by atoms with Crippen LogP contribution in [-0.4, -0.2) is 45.2 Å². The molecule has 0 radical (unpaired) electrons. The van der Waals surface area contributed by atoms with E-state index < -0.39 is 5.79 Å². The molecule has 0 spiro atoms. The summed E-state index contributed by atoms with van der Waals surface area (Å²) < 4.78 is 21.5. The normalized spacial score (nSPS) is 19.9. The van der Waals surface area contributed by atoms with Crippen LogP contribution in [0.25, 0.3) is 0 Å². The van der Waals surface area contributed by atoms with Gasteiger partial charge in [-0.05, 0) is 25.7 Å². The lowest BCUT2D eigenvalue weighted by molar-refractivity contribution is -0.261. The zero-order valence-electron chi connectivity index (χ0n) is 14.2. The van der Waals surface area contributed by atoms with Crippen molar-refractivity contribution in [1.29, 1.82) is 0 Å². The number of hydrogen-bond donors (Lipinski definition) is 0. The van der Waals surface area contributed by atoms with E-state index in [-0.39, 0.29) is 37.0 Å². The van der Waals surface area contributed by atoms with E-state index in [1.807, 2.05) is 0 Å². The average molecular weight is 328 g/mol. The smallest absolute Gasteiger partial charge is 0.312 e. The molecular formula is C17H28O6. The Morgan fingerprint density at radius 2 is 1.13 bits per heavy atom. The maximum absolute atomic E-state index is 12.4. The van der Waals surface area contributed by atoms with Gasteiger partial charge in [0.2, 0.25) is 0 Å². The van der Waals surface area contributed by atoms with E-state index in [0.29, 0.717) is 0 Å². The lowest BCUT2D eigenvalue weighted by Crippen LogP contribution is -2.49. The highest BCUT2D eigenvalue weighted by Crippen LogP contribution is 2.31. The maximum atomic E-state index is 12.4. The molecule has 2 aliphatic rings. The van der Waals surface area contributed by atoms with Crippen molar-refractivity contribution < 1.29 is 28.5 Å². The van der Waals surface area contributed by atoms with Gasteiger partial charge in [0.1, 0.15) is 13.2 Å². The predicted octanol–water partition coefficient (Wildman–Crippen LogP) is 2.44. The highest BCUT2D eigenvalue weighted by atomic mass is 16.8. The summed E-state index contributed by atoms with van der Waals surface area (Å²) in [5.41, 5.74) is 0. The second kappa shape index (κ2) is 8.64. The number of carbonyl (C=O) groups is 2. The van der Waals surface area contributed by atoms with Gasteiger partial charge in [-0.1, -0.05) is 25.7 Å². The first-order valence-corrected chi connectivity index (χ1v) is 8.54. The largest absolute Gasteiger partial charge is 0.417 e. The number of esters is 2. The molecule has 0 aromatic heterocycles. The standard InChI is InChI=1S/C17H28O6/c1-20-11-17(12-21-2,22-15(18)13-7-3-4-8-13)23-16(19)14-9-5-6-10-14/h13-14H,3-12H2,1-2H3. The Morgan fingerprint density at radius 1 is 0.783 bits per heavy atom. The van der Waals surface area contributed by atoms with E-state index in [0.717, 1.165) is 51.4 Å². The van der Waals surface area contributed by atoms with Crippen LogP contribution in [0.4, 0.5) is 0 Å². The molecule has 2 fully saturated rings. The molecule has 0 unspecified atom stereocenters. The zero-order valence-corrected chi connectivity index (χ0v) is 14.2. The minimum atomic E-state index is -1.48. The van der Waals surface area contributed by atoms with Crippen LogP contribution in [0.2, 0.25) is 0 Å². The van der Waals surface area contributed by atoms with Crippen molar-refractivity contribution in [2.45, 2.75) is 57.2 Å². The molecule has 0 amide bonds. The van der Waals surface area contributed by atoms with Crippen LogP contribution in [0.3, 0.4) is 0 Å². The maximum Gasteiger partial charge on any atom is 0.312 e. The number of methoxy groups -OCH3 is 2. The second-order valence-electron chi connectivity index (χ2n) is 6.58. The Labute approximate surface area is 137 Å². The van der Waals surface area contributed by atoms with Crippen LogP contribution >= 0.6 is 0 Å². The van der Waals surface area contributed by atoms with Crippen molar-refractivity contribution >= 4 is 11.9 Å². The lowest BCUT2D eigenvalue weighted by atomic mass is 10.1. The minimum Gasteiger partial charge on any atom is -0.417 e. The van der Waals surface area contributed by atoms with Gasteiger partial charge in [0.15, 0.2) is 0 Å². The summed E-state index contributed by atoms with van der Waals surface area (Å²) in [7, 11) is 2.97. The summed E-state index contributed by atoms with van der Waals surface area (Å²) in [4.78, 5) is 24.8. The Morgan fingerprint density at radius 3 is 1.43 bits per heavy atom. The highest BCUT2D eigenvalue weighted by molar-refractivity contribution is 5.75. The van der Waals surface area contributed by atoms with Gasteiger partial charge in [-0.3, -0.25) is 9.59 Å². The minimum absolute atomic E-state index is 0.0300. The Kier molecular flexibility index (Phi) is 6.84. The third kappa shape index (κ3) is 4.91. The molecule has 0 saturated heterocycles. The first kappa shape index (κ1) is 18.2. The molecule has 0 aromatic carbocycles. The van der Waals surface area contributed by atoms with Crippen LogP contribution in [-0.2, 0) is 28.5 Å². The fourth-order valence-corrected chi connectivity index (χ4v) is 3.48. The van der Waals surface area contributed by atoms with Crippen molar-refractivity contribution in [2.24, 2.45) is 11.8 Å². The molecule has 0 aromatic rings. The molecule has 2 saturated carbocycles. The van der Waals surface area contributed by atoms with Crippen molar-refractivity contribution in [2.75, 3.05) is 27.4 Å². The monoisotopic (exact) mass is 328 g/mol. The number of carbonyl (C=O) groups excluding carboxylic acids is 2. The molecule has 2 rings (SSSR count). The quantitative estimate of drug-likeness (QED) is 0.503. The van der Waals surface area contributed by atoms with E-state index in [9.17, 15) is 9.59 Å². The van der Waals surface area contributed by atoms with Crippen LogP contribution in [0, 0.1) is 11.8 Å². The zero-order chi connectivity index (χ0) is 16.7. The fraction of sp³-hybridized carbons (Fsp3) is 0.882. The molecular weight excluding hydrogens is 300 g/mol. The van der Waals surface area contributed by atoms with Gasteiger partial charge in [0, 0.05) is 14.2 Å². The molecule has 0 N–H and O–H groups in total. The summed E-state index contributed by atoms with van der Waals surface area (Å²) in [5, 5.41) is 0. The van der Waals surface area contributed by atoms with Crippen LogP contribution < -0.4 is 0 Å². The van der Waals surface area contributed by atoms with Gasteiger partial charge in [-0.25, -0.2) is 0 Å². The Balaban J connectivity index is 2.05. The third-order valence-corrected chi connectivity index (χ3v) is 4.68. The van der Waals surface area contributed by atoms with Gasteiger partial charge < -0.3 is 18.9 Å². The first-order valence-electron chi connectivity index (χ1n) is 8.54. The van der Waals surface area contributed by atoms with Crippen molar-refractivity contribution in [3.8, 4) is 0 Å². The summed E-state index contributed by atoms with van der Waals surface area (Å²) in [6.45, 7) is -0.0600. The summed E-state index contributed by atoms with van der Waals surface area (Å²) in [6, 6.07) is 0. The fourth-order valence-electron chi connectivity index (χ4n) is 3.48. The van der Waals surface area contributed by atoms with Crippen molar-refractivity contribution in [1.82, 2.24) is 0 Å². The van der Waals surface area contributed by atoms with Crippen molar-refractivity contribution in [3.05, 3.63) is 0 Å². The van der Waals surface area contributed by atoms with E-state index in [1.54, 1.807) is 0 Å². The first-order chi connectivity index (χ1) is 11.1.